The van der Waals surface area contributed by atoms with Crippen LogP contribution >= 0.6 is 11.3 Å². The number of anilines is 3. The van der Waals surface area contributed by atoms with E-state index in [1.165, 1.54) is 16.0 Å². The summed E-state index contributed by atoms with van der Waals surface area (Å²) in [4.78, 5) is 22.0. The van der Waals surface area contributed by atoms with Gasteiger partial charge in [0.15, 0.2) is 5.13 Å². The van der Waals surface area contributed by atoms with Gasteiger partial charge in [0, 0.05) is 46.4 Å². The number of hydrogen-bond acceptors (Lipinski definition) is 6. The third kappa shape index (κ3) is 8.64. The van der Waals surface area contributed by atoms with Crippen molar-refractivity contribution < 1.29 is 18.3 Å². The van der Waals surface area contributed by atoms with Gasteiger partial charge >= 0.3 is 6.09 Å². The molecule has 0 saturated heterocycles. The number of carbonyl (C=O) groups is 1. The maximum Gasteiger partial charge on any atom is 0.407 e. The topological polar surface area (TPSA) is 127 Å². The quantitative estimate of drug-likeness (QED) is 0.0965. The fraction of sp³-hybridized carbons (Fsp3) is 0.294. The van der Waals surface area contributed by atoms with E-state index in [0.29, 0.717) is 25.2 Å². The molecule has 1 amide bonds. The monoisotopic (exact) mass is 645 g/mol. The summed E-state index contributed by atoms with van der Waals surface area (Å²) in [5.74, 6) is 0. The van der Waals surface area contributed by atoms with E-state index in [0.717, 1.165) is 75.3 Å². The van der Waals surface area contributed by atoms with Crippen molar-refractivity contribution in [2.24, 2.45) is 0 Å². The van der Waals surface area contributed by atoms with Gasteiger partial charge in [-0.25, -0.2) is 18.2 Å². The number of aromatic nitrogens is 2. The molecule has 5 rings (SSSR count). The van der Waals surface area contributed by atoms with Gasteiger partial charge in [0.25, 0.3) is 0 Å². The first-order valence-corrected chi connectivity index (χ1v) is 17.7. The summed E-state index contributed by atoms with van der Waals surface area (Å²) in [6.45, 7) is 6.95. The van der Waals surface area contributed by atoms with Gasteiger partial charge in [-0.15, -0.1) is 11.3 Å². The van der Waals surface area contributed by atoms with Crippen LogP contribution < -0.4 is 10.0 Å². The van der Waals surface area contributed by atoms with E-state index in [1.54, 1.807) is 23.5 Å². The SMILES string of the molecule is Cc1cc(C)cc(-c2[nH]c3ccc(Nc4nc(C)cs4)cc3c2CCN(CCCCc2ccc(NS(C)(=O)=O)cc2)C(=O)O)c1. The van der Waals surface area contributed by atoms with E-state index in [1.807, 2.05) is 30.5 Å². The molecule has 9 nitrogen and oxygen atoms in total. The Morgan fingerprint density at radius 3 is 2.29 bits per heavy atom. The first kappa shape index (κ1) is 32.1. The molecule has 0 radical (unpaired) electrons. The number of nitrogens with zero attached hydrogens (tertiary/aromatic N) is 2. The summed E-state index contributed by atoms with van der Waals surface area (Å²) in [6, 6.07) is 20.0. The second kappa shape index (κ2) is 13.7. The average Bonchev–Trinajstić information content (AvgIpc) is 3.54. The second-order valence-electron chi connectivity index (χ2n) is 11.6. The number of benzene rings is 3. The van der Waals surface area contributed by atoms with Gasteiger partial charge in [0.2, 0.25) is 10.0 Å². The van der Waals surface area contributed by atoms with Crippen LogP contribution in [0.2, 0.25) is 0 Å². The van der Waals surface area contributed by atoms with E-state index >= 15 is 0 Å². The second-order valence-corrected chi connectivity index (χ2v) is 14.2. The average molecular weight is 646 g/mol. The van der Waals surface area contributed by atoms with Gasteiger partial charge in [0.05, 0.1) is 11.9 Å². The summed E-state index contributed by atoms with van der Waals surface area (Å²) in [5.41, 5.74) is 10.0. The maximum absolute atomic E-state index is 12.3. The normalized spacial score (nSPS) is 11.6. The third-order valence-electron chi connectivity index (χ3n) is 7.59. The Balaban J connectivity index is 1.31. The number of hydrogen-bond donors (Lipinski definition) is 4. The molecular weight excluding hydrogens is 607 g/mol. The lowest BCUT2D eigenvalue weighted by atomic mass is 9.99. The summed E-state index contributed by atoms with van der Waals surface area (Å²) < 4.78 is 25.3. The van der Waals surface area contributed by atoms with Crippen LogP contribution in [0.5, 0.6) is 0 Å². The number of carboxylic acid groups (broad SMARTS) is 1. The predicted molar refractivity (Wildman–Crippen MR) is 184 cm³/mol. The standard InChI is InChI=1S/C34H39N5O4S2/c1-22-17-23(2)19-26(18-22)32-29(30-20-28(12-13-31(30)37-32)36-33-35-24(3)21-44-33)14-16-39(34(40)41)15-6-5-7-25-8-10-27(11-9-25)38-45(4,42)43/h8-13,17-21,37-38H,5-7,14-16H2,1-4H3,(H,35,36)(H,40,41). The molecule has 0 atom stereocenters. The zero-order valence-electron chi connectivity index (χ0n) is 26.0. The van der Waals surface area contributed by atoms with Crippen molar-refractivity contribution in [1.29, 1.82) is 0 Å². The van der Waals surface area contributed by atoms with Crippen molar-refractivity contribution in [3.63, 3.8) is 0 Å². The van der Waals surface area contributed by atoms with E-state index in [-0.39, 0.29) is 0 Å². The van der Waals surface area contributed by atoms with Crippen molar-refractivity contribution >= 4 is 54.9 Å². The number of fused-ring (bicyclic) bond motifs is 1. The van der Waals surface area contributed by atoms with Crippen molar-refractivity contribution in [2.45, 2.75) is 46.5 Å². The smallest absolute Gasteiger partial charge is 0.407 e. The zero-order valence-corrected chi connectivity index (χ0v) is 27.6. The highest BCUT2D eigenvalue weighted by Crippen LogP contribution is 2.34. The molecule has 4 N–H and O–H groups in total. The van der Waals surface area contributed by atoms with Crippen LogP contribution in [0.15, 0.2) is 66.0 Å². The Kier molecular flexibility index (Phi) is 9.79. The van der Waals surface area contributed by atoms with Crippen LogP contribution in [0.1, 0.15) is 40.8 Å². The fourth-order valence-corrected chi connectivity index (χ4v) is 6.89. The number of H-pyrrole nitrogens is 1. The largest absolute Gasteiger partial charge is 0.465 e. The highest BCUT2D eigenvalue weighted by Gasteiger charge is 2.18. The third-order valence-corrected chi connectivity index (χ3v) is 9.07. The molecule has 11 heteroatoms. The molecular formula is C34H39N5O4S2. The van der Waals surface area contributed by atoms with Gasteiger partial charge in [-0.3, -0.25) is 4.72 Å². The van der Waals surface area contributed by atoms with Gasteiger partial charge in [-0.1, -0.05) is 29.3 Å². The minimum absolute atomic E-state index is 0.370. The number of unbranched alkanes of at least 4 members (excludes halogenated alkanes) is 1. The fourth-order valence-electron chi connectivity index (χ4n) is 5.62. The van der Waals surface area contributed by atoms with Crippen LogP contribution in [0.3, 0.4) is 0 Å². The Hall–Kier alpha value is -4.35. The Morgan fingerprint density at radius 2 is 1.64 bits per heavy atom. The van der Waals surface area contributed by atoms with Crippen LogP contribution in [0, 0.1) is 20.8 Å². The Labute approximate surface area is 268 Å². The van der Waals surface area contributed by atoms with Gasteiger partial charge in [-0.2, -0.15) is 0 Å². The molecule has 0 aliphatic heterocycles. The molecule has 45 heavy (non-hydrogen) atoms. The first-order valence-electron chi connectivity index (χ1n) is 14.9. The van der Waals surface area contributed by atoms with E-state index in [2.05, 4.69) is 64.2 Å². The number of aryl methyl sites for hydroxylation is 4. The van der Waals surface area contributed by atoms with Crippen LogP contribution in [-0.2, 0) is 22.9 Å². The minimum atomic E-state index is -3.32. The Morgan fingerprint density at radius 1 is 0.933 bits per heavy atom. The van der Waals surface area contributed by atoms with E-state index in [9.17, 15) is 18.3 Å². The Bertz CT molecular complexity index is 1890. The molecule has 0 fully saturated rings. The molecule has 2 aromatic heterocycles. The lowest BCUT2D eigenvalue weighted by Crippen LogP contribution is -2.32. The number of amides is 1. The predicted octanol–water partition coefficient (Wildman–Crippen LogP) is 7.88. The molecule has 5 aromatic rings. The van der Waals surface area contributed by atoms with Crippen molar-refractivity contribution in [3.05, 3.63) is 94.0 Å². The molecule has 3 aromatic carbocycles. The van der Waals surface area contributed by atoms with Crippen LogP contribution in [-0.4, -0.2) is 53.8 Å². The summed E-state index contributed by atoms with van der Waals surface area (Å²) >= 11 is 1.56. The molecule has 2 heterocycles. The van der Waals surface area contributed by atoms with Gasteiger partial charge in [-0.05, 0) is 106 Å². The molecule has 0 aliphatic rings. The highest BCUT2D eigenvalue weighted by molar-refractivity contribution is 7.92. The summed E-state index contributed by atoms with van der Waals surface area (Å²) in [6.07, 6.45) is 3.06. The number of thiazole rings is 1. The molecule has 0 bridgehead atoms. The molecule has 0 aliphatic carbocycles. The number of sulfonamides is 1. The summed E-state index contributed by atoms with van der Waals surface area (Å²) in [7, 11) is -3.32. The lowest BCUT2D eigenvalue weighted by Gasteiger charge is -2.20. The molecule has 236 valence electrons. The first-order chi connectivity index (χ1) is 21.4. The van der Waals surface area contributed by atoms with Crippen molar-refractivity contribution in [2.75, 3.05) is 29.4 Å². The number of rotatable bonds is 13. The molecule has 0 saturated carbocycles. The van der Waals surface area contributed by atoms with Gasteiger partial charge < -0.3 is 20.3 Å². The maximum atomic E-state index is 12.3. The minimum Gasteiger partial charge on any atom is -0.465 e. The lowest BCUT2D eigenvalue weighted by molar-refractivity contribution is 0.145. The number of aromatic amines is 1. The van der Waals surface area contributed by atoms with Crippen LogP contribution in [0.25, 0.3) is 22.2 Å². The number of nitrogens with one attached hydrogen (secondary N) is 3. The summed E-state index contributed by atoms with van der Waals surface area (Å²) in [5, 5.41) is 17.4. The highest BCUT2D eigenvalue weighted by atomic mass is 32.2. The zero-order chi connectivity index (χ0) is 32.1. The van der Waals surface area contributed by atoms with E-state index in [4.69, 9.17) is 0 Å². The van der Waals surface area contributed by atoms with Crippen molar-refractivity contribution in [3.8, 4) is 11.3 Å². The van der Waals surface area contributed by atoms with Crippen molar-refractivity contribution in [1.82, 2.24) is 14.9 Å². The van der Waals surface area contributed by atoms with Gasteiger partial charge in [0.1, 0.15) is 0 Å². The van der Waals surface area contributed by atoms with Crippen LogP contribution in [0.4, 0.5) is 21.3 Å². The molecule has 0 spiro atoms. The van der Waals surface area contributed by atoms with E-state index < -0.39 is 16.1 Å². The molecule has 0 unspecified atom stereocenters.